The fourth-order valence-corrected chi connectivity index (χ4v) is 4.85. The van der Waals surface area contributed by atoms with E-state index in [1.54, 1.807) is 4.90 Å². The predicted molar refractivity (Wildman–Crippen MR) is 125 cm³/mol. The minimum Gasteiger partial charge on any atom is -0.356 e. The van der Waals surface area contributed by atoms with Crippen LogP contribution in [0.5, 0.6) is 0 Å². The second-order valence-electron chi connectivity index (χ2n) is 9.27. The molecule has 0 aromatic carbocycles. The summed E-state index contributed by atoms with van der Waals surface area (Å²) in [5, 5.41) is 7.73. The van der Waals surface area contributed by atoms with Crippen LogP contribution < -0.4 is 10.2 Å². The number of piperidine rings is 1. The number of hydrogen-bond donors (Lipinski definition) is 1. The Labute approximate surface area is 190 Å². The fourth-order valence-electron chi connectivity index (χ4n) is 4.85. The normalized spacial score (nSPS) is 19.2. The zero-order valence-electron chi connectivity index (χ0n) is 19.4. The van der Waals surface area contributed by atoms with Gasteiger partial charge in [-0.05, 0) is 56.8 Å². The molecule has 4 rings (SSSR count). The second kappa shape index (κ2) is 10.3. The monoisotopic (exact) mass is 440 g/mol. The molecule has 8 nitrogen and oxygen atoms in total. The summed E-state index contributed by atoms with van der Waals surface area (Å²) in [5.41, 5.74) is 1.89. The van der Waals surface area contributed by atoms with Crippen molar-refractivity contribution in [1.82, 2.24) is 24.6 Å². The molecule has 32 heavy (non-hydrogen) atoms. The van der Waals surface area contributed by atoms with Gasteiger partial charge in [-0.3, -0.25) is 14.5 Å². The van der Waals surface area contributed by atoms with Gasteiger partial charge in [0.25, 0.3) is 0 Å². The Morgan fingerprint density at radius 3 is 2.91 bits per heavy atom. The van der Waals surface area contributed by atoms with E-state index in [1.165, 1.54) is 25.9 Å². The van der Waals surface area contributed by atoms with Gasteiger partial charge < -0.3 is 14.8 Å². The van der Waals surface area contributed by atoms with Crippen molar-refractivity contribution in [2.45, 2.75) is 52.0 Å². The number of carbonyl (C=O) groups is 2. The maximum Gasteiger partial charge on any atom is 0.229 e. The Bertz CT molecular complexity index is 933. The average molecular weight is 441 g/mol. The fraction of sp³-hybridized carbons (Fsp3) is 0.625. The van der Waals surface area contributed by atoms with Crippen molar-refractivity contribution in [3.05, 3.63) is 24.4 Å². The maximum absolute atomic E-state index is 12.6. The SMILES string of the molecule is C[C@H]1CCCN(CCCNC(=O)CCCN2C(=O)CCn3nc(-c4cccn4C)cc32)C1. The molecule has 1 N–H and O–H groups in total. The quantitative estimate of drug-likeness (QED) is 0.609. The van der Waals surface area contributed by atoms with Crippen molar-refractivity contribution >= 4 is 17.6 Å². The molecule has 0 spiro atoms. The van der Waals surface area contributed by atoms with Gasteiger partial charge in [-0.25, -0.2) is 4.68 Å². The summed E-state index contributed by atoms with van der Waals surface area (Å²) in [6.45, 7) is 7.60. The largest absolute Gasteiger partial charge is 0.356 e. The summed E-state index contributed by atoms with van der Waals surface area (Å²) in [6, 6.07) is 5.99. The van der Waals surface area contributed by atoms with Crippen LogP contribution >= 0.6 is 0 Å². The van der Waals surface area contributed by atoms with Gasteiger partial charge in [-0.2, -0.15) is 5.10 Å². The number of fused-ring (bicyclic) bond motifs is 1. The Morgan fingerprint density at radius 2 is 2.12 bits per heavy atom. The molecule has 0 aliphatic carbocycles. The van der Waals surface area contributed by atoms with Crippen LogP contribution in [0.4, 0.5) is 5.82 Å². The molecule has 8 heteroatoms. The molecule has 1 fully saturated rings. The van der Waals surface area contributed by atoms with Crippen LogP contribution in [-0.4, -0.2) is 63.8 Å². The maximum atomic E-state index is 12.6. The van der Waals surface area contributed by atoms with Crippen LogP contribution in [0.3, 0.4) is 0 Å². The van der Waals surface area contributed by atoms with Crippen LogP contribution in [0.1, 0.15) is 45.4 Å². The Morgan fingerprint density at radius 1 is 1.25 bits per heavy atom. The van der Waals surface area contributed by atoms with E-state index in [4.69, 9.17) is 5.10 Å². The molecule has 1 saturated heterocycles. The van der Waals surface area contributed by atoms with Crippen molar-refractivity contribution in [3.8, 4) is 11.4 Å². The lowest BCUT2D eigenvalue weighted by molar-refractivity contribution is -0.122. The number of nitrogens with one attached hydrogen (secondary N) is 1. The highest BCUT2D eigenvalue weighted by atomic mass is 16.2. The molecule has 2 aliphatic rings. The van der Waals surface area contributed by atoms with E-state index in [9.17, 15) is 9.59 Å². The first-order valence-corrected chi connectivity index (χ1v) is 12.0. The summed E-state index contributed by atoms with van der Waals surface area (Å²) < 4.78 is 3.93. The van der Waals surface area contributed by atoms with Gasteiger partial charge >= 0.3 is 0 Å². The van der Waals surface area contributed by atoms with E-state index in [-0.39, 0.29) is 11.8 Å². The van der Waals surface area contributed by atoms with Crippen molar-refractivity contribution in [1.29, 1.82) is 0 Å². The van der Waals surface area contributed by atoms with Crippen LogP contribution in [0, 0.1) is 5.92 Å². The second-order valence-corrected chi connectivity index (χ2v) is 9.27. The van der Waals surface area contributed by atoms with Crippen molar-refractivity contribution in [2.24, 2.45) is 13.0 Å². The number of aryl methyl sites for hydroxylation is 2. The Balaban J connectivity index is 1.22. The van der Waals surface area contributed by atoms with Gasteiger partial charge in [-0.15, -0.1) is 0 Å². The Kier molecular flexibility index (Phi) is 7.29. The third kappa shape index (κ3) is 5.41. The van der Waals surface area contributed by atoms with E-state index in [0.717, 1.165) is 42.6 Å². The van der Waals surface area contributed by atoms with E-state index < -0.39 is 0 Å². The molecule has 2 aromatic rings. The lowest BCUT2D eigenvalue weighted by atomic mass is 10.0. The molecule has 2 amide bonds. The molecule has 174 valence electrons. The Hall–Kier alpha value is -2.61. The van der Waals surface area contributed by atoms with Crippen molar-refractivity contribution < 1.29 is 9.59 Å². The molecular weight excluding hydrogens is 404 g/mol. The van der Waals surface area contributed by atoms with Crippen LogP contribution in [0.15, 0.2) is 24.4 Å². The number of aromatic nitrogens is 3. The summed E-state index contributed by atoms with van der Waals surface area (Å²) in [7, 11) is 1.99. The van der Waals surface area contributed by atoms with Gasteiger partial charge in [0.2, 0.25) is 11.8 Å². The molecule has 4 heterocycles. The van der Waals surface area contributed by atoms with Crippen molar-refractivity contribution in [3.63, 3.8) is 0 Å². The average Bonchev–Trinajstić information content (AvgIpc) is 3.39. The highest BCUT2D eigenvalue weighted by molar-refractivity contribution is 5.94. The number of nitrogens with zero attached hydrogens (tertiary/aromatic N) is 5. The van der Waals surface area contributed by atoms with E-state index in [2.05, 4.69) is 17.1 Å². The number of carbonyl (C=O) groups excluding carboxylic acids is 2. The van der Waals surface area contributed by atoms with E-state index >= 15 is 0 Å². The smallest absolute Gasteiger partial charge is 0.229 e. The number of hydrogen-bond acceptors (Lipinski definition) is 4. The first kappa shape index (κ1) is 22.6. The lowest BCUT2D eigenvalue weighted by Crippen LogP contribution is -2.38. The molecule has 0 saturated carbocycles. The minimum absolute atomic E-state index is 0.0690. The number of amides is 2. The first-order chi connectivity index (χ1) is 15.5. The molecule has 2 aliphatic heterocycles. The summed E-state index contributed by atoms with van der Waals surface area (Å²) in [5.74, 6) is 1.79. The molecule has 0 unspecified atom stereocenters. The number of rotatable bonds is 9. The highest BCUT2D eigenvalue weighted by Crippen LogP contribution is 2.28. The third-order valence-electron chi connectivity index (χ3n) is 6.58. The van der Waals surface area contributed by atoms with Crippen LogP contribution in [-0.2, 0) is 23.2 Å². The summed E-state index contributed by atoms with van der Waals surface area (Å²) >= 11 is 0. The van der Waals surface area contributed by atoms with E-state index in [1.807, 2.05) is 40.7 Å². The minimum atomic E-state index is 0.0690. The van der Waals surface area contributed by atoms with Gasteiger partial charge in [-0.1, -0.05) is 6.92 Å². The molecule has 2 aromatic heterocycles. The molecule has 1 atom stereocenters. The molecule has 0 bridgehead atoms. The standard InChI is InChI=1S/C24H36N6O2/c1-19-7-3-13-28(18-19)14-6-11-25-22(31)9-5-15-29-23-17-20(21-8-4-12-27(21)2)26-30(23)16-10-24(29)32/h4,8,12,17,19H,3,5-7,9-11,13-16,18H2,1-2H3,(H,25,31)/t19-/m0/s1. The zero-order valence-corrected chi connectivity index (χ0v) is 19.4. The zero-order chi connectivity index (χ0) is 22.5. The van der Waals surface area contributed by atoms with Gasteiger partial charge in [0.1, 0.15) is 11.5 Å². The van der Waals surface area contributed by atoms with Gasteiger partial charge in [0, 0.05) is 51.8 Å². The number of likely N-dealkylation sites (tertiary alicyclic amines) is 1. The van der Waals surface area contributed by atoms with Gasteiger partial charge in [0.05, 0.1) is 12.2 Å². The summed E-state index contributed by atoms with van der Waals surface area (Å²) in [6.07, 6.45) is 7.12. The first-order valence-electron chi connectivity index (χ1n) is 12.0. The van der Waals surface area contributed by atoms with Crippen LogP contribution in [0.2, 0.25) is 0 Å². The molecule has 0 radical (unpaired) electrons. The van der Waals surface area contributed by atoms with Crippen LogP contribution in [0.25, 0.3) is 11.4 Å². The number of anilines is 1. The van der Waals surface area contributed by atoms with E-state index in [0.29, 0.717) is 32.4 Å². The van der Waals surface area contributed by atoms with Crippen molar-refractivity contribution in [2.75, 3.05) is 37.6 Å². The predicted octanol–water partition coefficient (Wildman–Crippen LogP) is 2.64. The highest BCUT2D eigenvalue weighted by Gasteiger charge is 2.26. The van der Waals surface area contributed by atoms with Gasteiger partial charge in [0.15, 0.2) is 0 Å². The lowest BCUT2D eigenvalue weighted by Gasteiger charge is -2.30. The topological polar surface area (TPSA) is 75.4 Å². The summed E-state index contributed by atoms with van der Waals surface area (Å²) in [4.78, 5) is 29.1. The molecular formula is C24H36N6O2. The third-order valence-corrected chi connectivity index (χ3v) is 6.58.